The molecule has 62 valence electrons. The Labute approximate surface area is 77.9 Å². The molecule has 0 aliphatic heterocycles. The zero-order valence-corrected chi connectivity index (χ0v) is 8.05. The number of hydrogen-bond acceptors (Lipinski definition) is 3. The molecule has 12 heavy (non-hydrogen) atoms. The number of halogens is 1. The van der Waals surface area contributed by atoms with Gasteiger partial charge in [0.15, 0.2) is 5.58 Å². The summed E-state index contributed by atoms with van der Waals surface area (Å²) in [5.41, 5.74) is 1.65. The standard InChI is InChI=1S/C8H7BrN2O/c1-10-8-11-6-3-2-5(9)4-7(6)12-8/h2-4H,1H3,(H,10,11). The lowest BCUT2D eigenvalue weighted by Gasteiger charge is -1.86. The maximum atomic E-state index is 5.35. The normalized spacial score (nSPS) is 10.5. The molecule has 2 aromatic rings. The van der Waals surface area contributed by atoms with E-state index in [4.69, 9.17) is 4.42 Å². The summed E-state index contributed by atoms with van der Waals surface area (Å²) in [6, 6.07) is 6.28. The van der Waals surface area contributed by atoms with Gasteiger partial charge >= 0.3 is 0 Å². The predicted molar refractivity (Wildman–Crippen MR) is 51.3 cm³/mol. The van der Waals surface area contributed by atoms with Crippen LogP contribution < -0.4 is 5.32 Å². The molecule has 0 saturated heterocycles. The van der Waals surface area contributed by atoms with Crippen LogP contribution in [0.4, 0.5) is 6.01 Å². The van der Waals surface area contributed by atoms with Gasteiger partial charge in [0.2, 0.25) is 0 Å². The first kappa shape index (κ1) is 7.61. The largest absolute Gasteiger partial charge is 0.424 e. The predicted octanol–water partition coefficient (Wildman–Crippen LogP) is 2.63. The van der Waals surface area contributed by atoms with Crippen LogP contribution in [0.1, 0.15) is 0 Å². The molecule has 4 heteroatoms. The molecule has 0 aliphatic rings. The molecule has 0 saturated carbocycles. The number of nitrogens with zero attached hydrogens (tertiary/aromatic N) is 1. The van der Waals surface area contributed by atoms with Crippen molar-refractivity contribution in [3.63, 3.8) is 0 Å². The molecule has 0 aliphatic carbocycles. The maximum absolute atomic E-state index is 5.35. The highest BCUT2D eigenvalue weighted by molar-refractivity contribution is 9.10. The van der Waals surface area contributed by atoms with Gasteiger partial charge in [-0.05, 0) is 18.2 Å². The highest BCUT2D eigenvalue weighted by atomic mass is 79.9. The number of anilines is 1. The van der Waals surface area contributed by atoms with Crippen LogP contribution in [0, 0.1) is 0 Å². The van der Waals surface area contributed by atoms with Gasteiger partial charge in [0, 0.05) is 11.5 Å². The van der Waals surface area contributed by atoms with E-state index in [9.17, 15) is 0 Å². The number of hydrogen-bond donors (Lipinski definition) is 1. The van der Waals surface area contributed by atoms with Crippen molar-refractivity contribution in [1.29, 1.82) is 0 Å². The van der Waals surface area contributed by atoms with Crippen LogP contribution in [0.15, 0.2) is 27.1 Å². The Hall–Kier alpha value is -1.03. The number of fused-ring (bicyclic) bond motifs is 1. The molecule has 0 bridgehead atoms. The Morgan fingerprint density at radius 2 is 2.33 bits per heavy atom. The lowest BCUT2D eigenvalue weighted by Crippen LogP contribution is -1.85. The summed E-state index contributed by atoms with van der Waals surface area (Å²) in [5.74, 6) is 0. The molecule has 1 heterocycles. The smallest absolute Gasteiger partial charge is 0.295 e. The van der Waals surface area contributed by atoms with Crippen LogP contribution in [-0.2, 0) is 0 Å². The average Bonchev–Trinajstić information content (AvgIpc) is 2.46. The molecule has 0 amide bonds. The third-order valence-electron chi connectivity index (χ3n) is 1.56. The molecule has 2 rings (SSSR count). The van der Waals surface area contributed by atoms with Crippen LogP contribution >= 0.6 is 15.9 Å². The lowest BCUT2D eigenvalue weighted by atomic mass is 10.3. The molecular weight excluding hydrogens is 220 g/mol. The second-order valence-electron chi connectivity index (χ2n) is 2.38. The van der Waals surface area contributed by atoms with Crippen LogP contribution in [0.3, 0.4) is 0 Å². The van der Waals surface area contributed by atoms with Crippen molar-refractivity contribution < 1.29 is 4.42 Å². The van der Waals surface area contributed by atoms with Gasteiger partial charge in [0.25, 0.3) is 6.01 Å². The van der Waals surface area contributed by atoms with E-state index in [-0.39, 0.29) is 0 Å². The number of rotatable bonds is 1. The van der Waals surface area contributed by atoms with E-state index in [0.717, 1.165) is 15.6 Å². The fourth-order valence-electron chi connectivity index (χ4n) is 1.01. The van der Waals surface area contributed by atoms with Gasteiger partial charge in [-0.3, -0.25) is 0 Å². The van der Waals surface area contributed by atoms with Gasteiger partial charge in [-0.2, -0.15) is 4.98 Å². The van der Waals surface area contributed by atoms with Crippen LogP contribution in [0.25, 0.3) is 11.1 Å². The van der Waals surface area contributed by atoms with Gasteiger partial charge < -0.3 is 9.73 Å². The fraction of sp³-hybridized carbons (Fsp3) is 0.125. The Balaban J connectivity index is 2.67. The maximum Gasteiger partial charge on any atom is 0.295 e. The van der Waals surface area contributed by atoms with E-state index >= 15 is 0 Å². The van der Waals surface area contributed by atoms with E-state index < -0.39 is 0 Å². The quantitative estimate of drug-likeness (QED) is 0.813. The summed E-state index contributed by atoms with van der Waals surface area (Å²) in [6.07, 6.45) is 0. The van der Waals surface area contributed by atoms with E-state index in [1.54, 1.807) is 7.05 Å². The van der Waals surface area contributed by atoms with Crippen LogP contribution in [0.5, 0.6) is 0 Å². The van der Waals surface area contributed by atoms with Crippen molar-refractivity contribution in [2.24, 2.45) is 0 Å². The minimum absolute atomic E-state index is 0.545. The lowest BCUT2D eigenvalue weighted by molar-refractivity contribution is 0.620. The van der Waals surface area contributed by atoms with Crippen molar-refractivity contribution in [2.45, 2.75) is 0 Å². The molecule has 1 N–H and O–H groups in total. The SMILES string of the molecule is CNc1nc2ccc(Br)cc2o1. The van der Waals surface area contributed by atoms with Gasteiger partial charge in [-0.1, -0.05) is 15.9 Å². The summed E-state index contributed by atoms with van der Waals surface area (Å²) in [4.78, 5) is 4.17. The zero-order chi connectivity index (χ0) is 8.55. The number of nitrogens with one attached hydrogen (secondary N) is 1. The molecule has 3 nitrogen and oxygen atoms in total. The molecule has 0 radical (unpaired) electrons. The molecule has 0 spiro atoms. The highest BCUT2D eigenvalue weighted by Gasteiger charge is 2.02. The van der Waals surface area contributed by atoms with E-state index in [2.05, 4.69) is 26.2 Å². The summed E-state index contributed by atoms with van der Waals surface area (Å²) < 4.78 is 6.34. The van der Waals surface area contributed by atoms with Crippen molar-refractivity contribution in [1.82, 2.24) is 4.98 Å². The zero-order valence-electron chi connectivity index (χ0n) is 6.47. The highest BCUT2D eigenvalue weighted by Crippen LogP contribution is 2.22. The Kier molecular flexibility index (Phi) is 1.77. The average molecular weight is 227 g/mol. The van der Waals surface area contributed by atoms with Crippen LogP contribution in [-0.4, -0.2) is 12.0 Å². The molecule has 0 atom stereocenters. The molecule has 0 fully saturated rings. The molecular formula is C8H7BrN2O. The fourth-order valence-corrected chi connectivity index (χ4v) is 1.35. The van der Waals surface area contributed by atoms with Crippen LogP contribution in [0.2, 0.25) is 0 Å². The Morgan fingerprint density at radius 1 is 1.50 bits per heavy atom. The Morgan fingerprint density at radius 3 is 3.08 bits per heavy atom. The second-order valence-corrected chi connectivity index (χ2v) is 3.30. The van der Waals surface area contributed by atoms with E-state index in [1.807, 2.05) is 18.2 Å². The monoisotopic (exact) mass is 226 g/mol. The summed E-state index contributed by atoms with van der Waals surface area (Å²) >= 11 is 3.36. The third kappa shape index (κ3) is 1.18. The topological polar surface area (TPSA) is 38.1 Å². The first-order valence-corrected chi connectivity index (χ1v) is 4.33. The van der Waals surface area contributed by atoms with Gasteiger partial charge in [0.1, 0.15) is 5.52 Å². The number of aromatic nitrogens is 1. The minimum atomic E-state index is 0.545. The first-order chi connectivity index (χ1) is 5.79. The van der Waals surface area contributed by atoms with Crippen molar-refractivity contribution in [3.05, 3.63) is 22.7 Å². The van der Waals surface area contributed by atoms with Gasteiger partial charge in [0.05, 0.1) is 0 Å². The van der Waals surface area contributed by atoms with Crippen molar-refractivity contribution in [3.8, 4) is 0 Å². The second kappa shape index (κ2) is 2.79. The molecule has 1 aromatic heterocycles. The van der Waals surface area contributed by atoms with Crippen molar-refractivity contribution >= 4 is 33.0 Å². The number of oxazole rings is 1. The summed E-state index contributed by atoms with van der Waals surface area (Å²) in [5, 5.41) is 2.84. The molecule has 1 aromatic carbocycles. The summed E-state index contributed by atoms with van der Waals surface area (Å²) in [6.45, 7) is 0. The molecule has 0 unspecified atom stereocenters. The first-order valence-electron chi connectivity index (χ1n) is 3.53. The van der Waals surface area contributed by atoms with E-state index in [1.165, 1.54) is 0 Å². The van der Waals surface area contributed by atoms with Gasteiger partial charge in [-0.25, -0.2) is 0 Å². The summed E-state index contributed by atoms with van der Waals surface area (Å²) in [7, 11) is 1.78. The van der Waals surface area contributed by atoms with E-state index in [0.29, 0.717) is 6.01 Å². The van der Waals surface area contributed by atoms with Crippen molar-refractivity contribution in [2.75, 3.05) is 12.4 Å². The minimum Gasteiger partial charge on any atom is -0.424 e. The Bertz CT molecular complexity index is 410. The number of benzene rings is 1. The van der Waals surface area contributed by atoms with Gasteiger partial charge in [-0.15, -0.1) is 0 Å². The third-order valence-corrected chi connectivity index (χ3v) is 2.06.